The molecule has 1 atom stereocenters. The van der Waals surface area contributed by atoms with Crippen molar-refractivity contribution < 1.29 is 22.7 Å². The molecular formula is C27H32N4O5S. The van der Waals surface area contributed by atoms with Crippen LogP contribution in [0.2, 0.25) is 0 Å². The van der Waals surface area contributed by atoms with Gasteiger partial charge >= 0.3 is 0 Å². The minimum atomic E-state index is -3.70. The number of pyridine rings is 1. The minimum Gasteiger partial charge on any atom is -0.497 e. The molecule has 0 aliphatic heterocycles. The largest absolute Gasteiger partial charge is 0.497 e. The number of nitrogens with one attached hydrogen (secondary N) is 1. The first-order valence-electron chi connectivity index (χ1n) is 11.8. The maximum atomic E-state index is 13.5. The Kier molecular flexibility index (Phi) is 9.76. The summed E-state index contributed by atoms with van der Waals surface area (Å²) in [7, 11) is -2.14. The predicted molar refractivity (Wildman–Crippen MR) is 141 cm³/mol. The van der Waals surface area contributed by atoms with E-state index >= 15 is 0 Å². The Hall–Kier alpha value is -3.76. The lowest BCUT2D eigenvalue weighted by Gasteiger charge is -2.31. The van der Waals surface area contributed by atoms with Crippen LogP contribution in [0.1, 0.15) is 23.6 Å². The molecule has 10 heteroatoms. The fourth-order valence-corrected chi connectivity index (χ4v) is 4.40. The van der Waals surface area contributed by atoms with Crippen molar-refractivity contribution in [2.45, 2.75) is 32.6 Å². The Morgan fingerprint density at radius 1 is 0.946 bits per heavy atom. The number of hydrogen-bond donors (Lipinski definition) is 1. The van der Waals surface area contributed by atoms with E-state index in [4.69, 9.17) is 4.74 Å². The zero-order chi connectivity index (χ0) is 26.8. The first-order valence-corrected chi connectivity index (χ1v) is 13.6. The molecule has 0 unspecified atom stereocenters. The van der Waals surface area contributed by atoms with E-state index in [0.29, 0.717) is 5.75 Å². The first-order chi connectivity index (χ1) is 17.7. The van der Waals surface area contributed by atoms with Crippen LogP contribution in [-0.2, 0) is 39.2 Å². The number of sulfonamides is 1. The van der Waals surface area contributed by atoms with Gasteiger partial charge in [-0.1, -0.05) is 48.5 Å². The summed E-state index contributed by atoms with van der Waals surface area (Å²) in [6.45, 7) is 1.65. The van der Waals surface area contributed by atoms with Crippen LogP contribution in [-0.4, -0.2) is 60.4 Å². The number of carbonyl (C=O) groups is 2. The van der Waals surface area contributed by atoms with Gasteiger partial charge in [-0.05, 0) is 41.8 Å². The topological polar surface area (TPSA) is 109 Å². The van der Waals surface area contributed by atoms with Crippen LogP contribution < -0.4 is 10.1 Å². The van der Waals surface area contributed by atoms with E-state index in [0.717, 1.165) is 27.3 Å². The van der Waals surface area contributed by atoms with Gasteiger partial charge in [-0.25, -0.2) is 8.42 Å². The highest BCUT2D eigenvalue weighted by Crippen LogP contribution is 2.16. The maximum Gasteiger partial charge on any atom is 0.242 e. The molecule has 0 aliphatic rings. The van der Waals surface area contributed by atoms with Crippen molar-refractivity contribution in [1.29, 1.82) is 0 Å². The third kappa shape index (κ3) is 8.40. The predicted octanol–water partition coefficient (Wildman–Crippen LogP) is 2.59. The molecule has 0 saturated heterocycles. The van der Waals surface area contributed by atoms with Crippen molar-refractivity contribution in [1.82, 2.24) is 19.5 Å². The molecule has 1 N–H and O–H groups in total. The lowest BCUT2D eigenvalue weighted by atomic mass is 10.1. The molecule has 1 heterocycles. The van der Waals surface area contributed by atoms with Crippen LogP contribution in [0.3, 0.4) is 0 Å². The van der Waals surface area contributed by atoms with E-state index in [1.54, 1.807) is 68.9 Å². The number of amides is 2. The summed E-state index contributed by atoms with van der Waals surface area (Å²) in [5, 5.41) is 2.84. The summed E-state index contributed by atoms with van der Waals surface area (Å²) >= 11 is 0. The Bertz CT molecular complexity index is 1270. The van der Waals surface area contributed by atoms with Gasteiger partial charge in [0.05, 0.1) is 19.9 Å². The fourth-order valence-electron chi connectivity index (χ4n) is 3.67. The van der Waals surface area contributed by atoms with Crippen molar-refractivity contribution in [2.24, 2.45) is 0 Å². The van der Waals surface area contributed by atoms with Gasteiger partial charge in [-0.15, -0.1) is 0 Å². The number of methoxy groups -OCH3 is 1. The summed E-state index contributed by atoms with van der Waals surface area (Å²) in [5.74, 6) is -0.184. The fraction of sp³-hybridized carbons (Fsp3) is 0.296. The average Bonchev–Trinajstić information content (AvgIpc) is 2.90. The zero-order valence-electron chi connectivity index (χ0n) is 21.2. The minimum absolute atomic E-state index is 0.0450. The molecule has 0 radical (unpaired) electrons. The van der Waals surface area contributed by atoms with Gasteiger partial charge in [0.1, 0.15) is 11.8 Å². The van der Waals surface area contributed by atoms with E-state index in [1.165, 1.54) is 4.90 Å². The van der Waals surface area contributed by atoms with Crippen LogP contribution >= 0.6 is 0 Å². The van der Waals surface area contributed by atoms with Crippen LogP contribution in [0.4, 0.5) is 0 Å². The zero-order valence-corrected chi connectivity index (χ0v) is 22.0. The Labute approximate surface area is 218 Å². The lowest BCUT2D eigenvalue weighted by Crippen LogP contribution is -2.50. The monoisotopic (exact) mass is 524 g/mol. The lowest BCUT2D eigenvalue weighted by molar-refractivity contribution is -0.140. The molecular weight excluding hydrogens is 492 g/mol. The number of nitrogens with zero attached hydrogens (tertiary/aromatic N) is 3. The van der Waals surface area contributed by atoms with Crippen molar-refractivity contribution in [3.63, 3.8) is 0 Å². The molecule has 3 aromatic rings. The number of aromatic nitrogens is 1. The average molecular weight is 525 g/mol. The number of ether oxygens (including phenoxy) is 1. The first kappa shape index (κ1) is 27.8. The quantitative estimate of drug-likeness (QED) is 0.390. The van der Waals surface area contributed by atoms with Gasteiger partial charge in [0.25, 0.3) is 0 Å². The highest BCUT2D eigenvalue weighted by Gasteiger charge is 2.30. The van der Waals surface area contributed by atoms with Crippen molar-refractivity contribution in [3.8, 4) is 5.75 Å². The highest BCUT2D eigenvalue weighted by molar-refractivity contribution is 7.88. The molecule has 196 valence electrons. The summed E-state index contributed by atoms with van der Waals surface area (Å²) in [6, 6.07) is 18.9. The van der Waals surface area contributed by atoms with Crippen LogP contribution in [0.15, 0.2) is 79.1 Å². The number of hydrogen-bond acceptors (Lipinski definition) is 6. The third-order valence-electron chi connectivity index (χ3n) is 5.85. The van der Waals surface area contributed by atoms with E-state index in [-0.39, 0.29) is 25.5 Å². The number of carbonyl (C=O) groups excluding carboxylic acids is 2. The van der Waals surface area contributed by atoms with E-state index in [2.05, 4.69) is 10.3 Å². The molecule has 2 aromatic carbocycles. The third-order valence-corrected chi connectivity index (χ3v) is 7.05. The number of rotatable bonds is 12. The second kappa shape index (κ2) is 13.0. The van der Waals surface area contributed by atoms with E-state index < -0.39 is 28.5 Å². The molecule has 0 spiro atoms. The molecule has 9 nitrogen and oxygen atoms in total. The Balaban J connectivity index is 1.81. The maximum absolute atomic E-state index is 13.5. The van der Waals surface area contributed by atoms with Gasteiger partial charge in [0.15, 0.2) is 0 Å². The van der Waals surface area contributed by atoms with Crippen LogP contribution in [0.5, 0.6) is 5.75 Å². The normalized spacial score (nSPS) is 12.1. The van der Waals surface area contributed by atoms with Gasteiger partial charge < -0.3 is 15.0 Å². The smallest absolute Gasteiger partial charge is 0.242 e. The van der Waals surface area contributed by atoms with Gasteiger partial charge in [-0.2, -0.15) is 4.31 Å². The summed E-state index contributed by atoms with van der Waals surface area (Å²) < 4.78 is 31.4. The van der Waals surface area contributed by atoms with Crippen molar-refractivity contribution in [3.05, 3.63) is 95.8 Å². The van der Waals surface area contributed by atoms with E-state index in [1.807, 2.05) is 24.3 Å². The Morgan fingerprint density at radius 2 is 1.59 bits per heavy atom. The van der Waals surface area contributed by atoms with Crippen LogP contribution in [0, 0.1) is 0 Å². The summed E-state index contributed by atoms with van der Waals surface area (Å²) in [5.41, 5.74) is 2.35. The van der Waals surface area contributed by atoms with Gasteiger partial charge in [0.2, 0.25) is 21.8 Å². The SMILES string of the molecule is COc1ccc(CN(C(=O)CN(Cc2ccccc2)S(C)(=O)=O)[C@H](C)C(=O)NCc2cccnc2)cc1. The summed E-state index contributed by atoms with van der Waals surface area (Å²) in [6.07, 6.45) is 4.37. The number of benzene rings is 2. The van der Waals surface area contributed by atoms with Crippen LogP contribution in [0.25, 0.3) is 0 Å². The molecule has 3 rings (SSSR count). The second-order valence-electron chi connectivity index (χ2n) is 8.64. The summed E-state index contributed by atoms with van der Waals surface area (Å²) in [4.78, 5) is 32.0. The second-order valence-corrected chi connectivity index (χ2v) is 10.6. The molecule has 37 heavy (non-hydrogen) atoms. The van der Waals surface area contributed by atoms with Gasteiger partial charge in [0, 0.05) is 32.0 Å². The van der Waals surface area contributed by atoms with Gasteiger partial charge in [-0.3, -0.25) is 14.6 Å². The van der Waals surface area contributed by atoms with Crippen molar-refractivity contribution >= 4 is 21.8 Å². The molecule has 0 saturated carbocycles. The Morgan fingerprint density at radius 3 is 2.19 bits per heavy atom. The molecule has 0 aliphatic carbocycles. The standard InChI is InChI=1S/C27H32N4O5S/c1-21(27(33)29-17-24-10-7-15-28-16-24)31(19-23-11-13-25(36-2)14-12-23)26(32)20-30(37(3,34)35)18-22-8-5-4-6-9-22/h4-16,21H,17-20H2,1-3H3,(H,29,33)/t21-/m1/s1. The molecule has 2 amide bonds. The molecule has 0 fully saturated rings. The van der Waals surface area contributed by atoms with Crippen molar-refractivity contribution in [2.75, 3.05) is 19.9 Å². The highest BCUT2D eigenvalue weighted by atomic mass is 32.2. The molecule has 1 aromatic heterocycles. The molecule has 0 bridgehead atoms. The van der Waals surface area contributed by atoms with E-state index in [9.17, 15) is 18.0 Å².